The molecule has 6 heteroatoms. The summed E-state index contributed by atoms with van der Waals surface area (Å²) in [7, 11) is 0. The van der Waals surface area contributed by atoms with Crippen molar-refractivity contribution in [3.05, 3.63) is 64.7 Å². The Morgan fingerprint density at radius 1 is 1.21 bits per heavy atom. The minimum atomic E-state index is -0.0178. The van der Waals surface area contributed by atoms with Crippen molar-refractivity contribution in [1.29, 1.82) is 0 Å². The molecule has 24 heavy (non-hydrogen) atoms. The third-order valence-corrected chi connectivity index (χ3v) is 4.56. The van der Waals surface area contributed by atoms with E-state index >= 15 is 0 Å². The Morgan fingerprint density at radius 2 is 2.08 bits per heavy atom. The standard InChI is InChI=1S/C18H15ClN4O/c1-11-17(10-21-22-11)13-7-15(9-20-8-13)23-5-4-12-6-14(19)2-3-16(12)18(23)24/h2-3,6-10H,4-5H2,1H3,(H,21,22). The first kappa shape index (κ1) is 14.9. The number of H-pyrrole nitrogens is 1. The normalized spacial score (nSPS) is 13.9. The summed E-state index contributed by atoms with van der Waals surface area (Å²) in [5.41, 5.74) is 5.32. The number of amides is 1. The Balaban J connectivity index is 1.71. The van der Waals surface area contributed by atoms with Crippen LogP contribution in [0.3, 0.4) is 0 Å². The van der Waals surface area contributed by atoms with Crippen LogP contribution in [-0.2, 0) is 6.42 Å². The van der Waals surface area contributed by atoms with E-state index in [0.717, 1.165) is 34.5 Å². The number of aromatic nitrogens is 3. The van der Waals surface area contributed by atoms with Crippen molar-refractivity contribution in [2.75, 3.05) is 11.4 Å². The van der Waals surface area contributed by atoms with Crippen LogP contribution in [0.4, 0.5) is 5.69 Å². The second-order valence-electron chi connectivity index (χ2n) is 5.82. The van der Waals surface area contributed by atoms with Crippen LogP contribution >= 0.6 is 11.6 Å². The zero-order chi connectivity index (χ0) is 16.7. The van der Waals surface area contributed by atoms with Crippen LogP contribution in [0.2, 0.25) is 5.02 Å². The summed E-state index contributed by atoms with van der Waals surface area (Å²) in [5.74, 6) is -0.0178. The van der Waals surface area contributed by atoms with Crippen molar-refractivity contribution in [3.63, 3.8) is 0 Å². The van der Waals surface area contributed by atoms with E-state index in [1.165, 1.54) is 0 Å². The summed E-state index contributed by atoms with van der Waals surface area (Å²) < 4.78 is 0. The number of benzene rings is 1. The number of carbonyl (C=O) groups excluding carboxylic acids is 1. The molecule has 0 saturated heterocycles. The largest absolute Gasteiger partial charge is 0.306 e. The van der Waals surface area contributed by atoms with Gasteiger partial charge in [-0.05, 0) is 43.2 Å². The number of hydrogen-bond acceptors (Lipinski definition) is 3. The quantitative estimate of drug-likeness (QED) is 0.776. The molecule has 0 radical (unpaired) electrons. The summed E-state index contributed by atoms with van der Waals surface area (Å²) in [4.78, 5) is 18.9. The number of pyridine rings is 1. The number of nitrogens with zero attached hydrogens (tertiary/aromatic N) is 3. The summed E-state index contributed by atoms with van der Waals surface area (Å²) in [6, 6.07) is 7.40. The van der Waals surface area contributed by atoms with Crippen LogP contribution in [0.25, 0.3) is 11.1 Å². The lowest BCUT2D eigenvalue weighted by molar-refractivity contribution is 0.0980. The third kappa shape index (κ3) is 2.47. The summed E-state index contributed by atoms with van der Waals surface area (Å²) in [6.07, 6.45) is 6.11. The molecule has 0 fully saturated rings. The average molecular weight is 339 g/mol. The number of rotatable bonds is 2. The third-order valence-electron chi connectivity index (χ3n) is 4.33. The van der Waals surface area contributed by atoms with E-state index < -0.39 is 0 Å². The Morgan fingerprint density at radius 3 is 2.88 bits per heavy atom. The number of carbonyl (C=O) groups is 1. The van der Waals surface area contributed by atoms with E-state index in [2.05, 4.69) is 15.2 Å². The second kappa shape index (κ2) is 5.76. The average Bonchev–Trinajstić information content (AvgIpc) is 3.01. The first-order chi connectivity index (χ1) is 11.6. The van der Waals surface area contributed by atoms with Gasteiger partial charge in [-0.3, -0.25) is 14.9 Å². The smallest absolute Gasteiger partial charge is 0.258 e. The van der Waals surface area contributed by atoms with Crippen molar-refractivity contribution < 1.29 is 4.79 Å². The number of nitrogens with one attached hydrogen (secondary N) is 1. The van der Waals surface area contributed by atoms with Crippen molar-refractivity contribution in [2.24, 2.45) is 0 Å². The van der Waals surface area contributed by atoms with E-state index in [-0.39, 0.29) is 5.91 Å². The number of aromatic amines is 1. The number of anilines is 1. The van der Waals surface area contributed by atoms with Crippen LogP contribution in [0.1, 0.15) is 21.6 Å². The molecule has 3 heterocycles. The highest BCUT2D eigenvalue weighted by Gasteiger charge is 2.26. The van der Waals surface area contributed by atoms with Gasteiger partial charge in [-0.1, -0.05) is 11.6 Å². The van der Waals surface area contributed by atoms with Crippen LogP contribution in [0, 0.1) is 6.92 Å². The fourth-order valence-corrected chi connectivity index (χ4v) is 3.27. The molecule has 120 valence electrons. The molecule has 1 aromatic carbocycles. The summed E-state index contributed by atoms with van der Waals surface area (Å²) in [6.45, 7) is 2.55. The van der Waals surface area contributed by atoms with Gasteiger partial charge in [0.2, 0.25) is 0 Å². The number of aryl methyl sites for hydroxylation is 1. The molecule has 5 nitrogen and oxygen atoms in total. The number of hydrogen-bond donors (Lipinski definition) is 1. The molecule has 0 unspecified atom stereocenters. The predicted molar refractivity (Wildman–Crippen MR) is 93.4 cm³/mol. The maximum Gasteiger partial charge on any atom is 0.258 e. The molecule has 1 amide bonds. The Hall–Kier alpha value is -2.66. The molecule has 4 rings (SSSR count). The topological polar surface area (TPSA) is 61.9 Å². The van der Waals surface area contributed by atoms with E-state index in [9.17, 15) is 4.79 Å². The van der Waals surface area contributed by atoms with E-state index in [1.807, 2.05) is 25.3 Å². The maximum atomic E-state index is 12.8. The molecule has 0 atom stereocenters. The molecule has 0 saturated carbocycles. The van der Waals surface area contributed by atoms with Gasteiger partial charge in [-0.15, -0.1) is 0 Å². The lowest BCUT2D eigenvalue weighted by Crippen LogP contribution is -2.37. The van der Waals surface area contributed by atoms with Gasteiger partial charge in [0.05, 0.1) is 17.6 Å². The molecule has 3 aromatic rings. The van der Waals surface area contributed by atoms with Gasteiger partial charge in [0, 0.05) is 40.7 Å². The van der Waals surface area contributed by atoms with Gasteiger partial charge < -0.3 is 4.90 Å². The molecule has 1 aliphatic rings. The predicted octanol–water partition coefficient (Wildman–Crippen LogP) is 3.64. The number of halogens is 1. The van der Waals surface area contributed by atoms with Gasteiger partial charge in [0.15, 0.2) is 0 Å². The first-order valence-corrected chi connectivity index (χ1v) is 8.07. The van der Waals surface area contributed by atoms with Gasteiger partial charge in [-0.2, -0.15) is 5.10 Å². The highest BCUT2D eigenvalue weighted by atomic mass is 35.5. The lowest BCUT2D eigenvalue weighted by atomic mass is 9.98. The van der Waals surface area contributed by atoms with Crippen molar-refractivity contribution >= 4 is 23.2 Å². The SMILES string of the molecule is Cc1n[nH]cc1-c1cncc(N2CCc3cc(Cl)ccc3C2=O)c1. The molecule has 2 aromatic heterocycles. The Kier molecular flexibility index (Phi) is 3.58. The number of fused-ring (bicyclic) bond motifs is 1. The van der Waals surface area contributed by atoms with Crippen LogP contribution in [0.5, 0.6) is 0 Å². The highest BCUT2D eigenvalue weighted by Crippen LogP contribution is 2.29. The summed E-state index contributed by atoms with van der Waals surface area (Å²) in [5, 5.41) is 7.66. The fraction of sp³-hybridized carbons (Fsp3) is 0.167. The van der Waals surface area contributed by atoms with E-state index in [0.29, 0.717) is 17.1 Å². The Labute approximate surface area is 144 Å². The minimum Gasteiger partial charge on any atom is -0.306 e. The van der Waals surface area contributed by atoms with Gasteiger partial charge in [-0.25, -0.2) is 0 Å². The van der Waals surface area contributed by atoms with Gasteiger partial charge >= 0.3 is 0 Å². The highest BCUT2D eigenvalue weighted by molar-refractivity contribution is 6.30. The Bertz CT molecular complexity index is 934. The van der Waals surface area contributed by atoms with E-state index in [4.69, 9.17) is 11.6 Å². The zero-order valence-corrected chi connectivity index (χ0v) is 13.8. The van der Waals surface area contributed by atoms with Gasteiger partial charge in [0.1, 0.15) is 0 Å². The fourth-order valence-electron chi connectivity index (χ4n) is 3.08. The van der Waals surface area contributed by atoms with Crippen molar-refractivity contribution in [1.82, 2.24) is 15.2 Å². The van der Waals surface area contributed by atoms with Crippen molar-refractivity contribution in [3.8, 4) is 11.1 Å². The second-order valence-corrected chi connectivity index (χ2v) is 6.26. The van der Waals surface area contributed by atoms with Crippen LogP contribution in [-0.4, -0.2) is 27.6 Å². The molecule has 1 N–H and O–H groups in total. The molecule has 0 aliphatic carbocycles. The first-order valence-electron chi connectivity index (χ1n) is 7.69. The lowest BCUT2D eigenvalue weighted by Gasteiger charge is -2.28. The molecular weight excluding hydrogens is 324 g/mol. The molecular formula is C18H15ClN4O. The van der Waals surface area contributed by atoms with E-state index in [1.54, 1.807) is 29.4 Å². The zero-order valence-electron chi connectivity index (χ0n) is 13.1. The van der Waals surface area contributed by atoms with Gasteiger partial charge in [0.25, 0.3) is 5.91 Å². The van der Waals surface area contributed by atoms with Crippen molar-refractivity contribution in [2.45, 2.75) is 13.3 Å². The molecule has 1 aliphatic heterocycles. The maximum absolute atomic E-state index is 12.8. The van der Waals surface area contributed by atoms with Crippen LogP contribution < -0.4 is 4.90 Å². The monoisotopic (exact) mass is 338 g/mol. The summed E-state index contributed by atoms with van der Waals surface area (Å²) >= 11 is 6.03. The molecule has 0 bridgehead atoms. The minimum absolute atomic E-state index is 0.0178. The molecule has 0 spiro atoms. The van der Waals surface area contributed by atoms with Crippen LogP contribution in [0.15, 0.2) is 42.9 Å².